The van der Waals surface area contributed by atoms with Crippen LogP contribution >= 0.6 is 0 Å². The molecule has 0 aliphatic heterocycles. The Morgan fingerprint density at radius 3 is 2.84 bits per heavy atom. The monoisotopic (exact) mass is 258 g/mol. The largest absolute Gasteiger partial charge is 0.462 e. The van der Waals surface area contributed by atoms with E-state index in [1.54, 1.807) is 49.6 Å². The number of nitrogens with two attached hydrogens (primary N) is 1. The lowest BCUT2D eigenvalue weighted by atomic mass is 10.1. The summed E-state index contributed by atoms with van der Waals surface area (Å²) in [5, 5.41) is 0. The van der Waals surface area contributed by atoms with Crippen molar-refractivity contribution in [3.8, 4) is 11.5 Å². The number of para-hydroxylation sites is 1. The van der Waals surface area contributed by atoms with Crippen LogP contribution in [-0.2, 0) is 4.74 Å². The van der Waals surface area contributed by atoms with Gasteiger partial charge in [0, 0.05) is 6.20 Å². The van der Waals surface area contributed by atoms with Gasteiger partial charge in [0.25, 0.3) is 0 Å². The molecule has 0 atom stereocenters. The Kier molecular flexibility index (Phi) is 3.97. The van der Waals surface area contributed by atoms with Gasteiger partial charge in [0.1, 0.15) is 5.75 Å². The first-order valence-corrected chi connectivity index (χ1v) is 5.86. The lowest BCUT2D eigenvalue weighted by Gasteiger charge is -2.11. The maximum absolute atomic E-state index is 11.7. The van der Waals surface area contributed by atoms with E-state index in [0.29, 0.717) is 23.7 Å². The van der Waals surface area contributed by atoms with Gasteiger partial charge in [-0.25, -0.2) is 4.79 Å². The van der Waals surface area contributed by atoms with Crippen molar-refractivity contribution in [2.75, 3.05) is 12.3 Å². The van der Waals surface area contributed by atoms with Gasteiger partial charge in [-0.3, -0.25) is 4.98 Å². The summed E-state index contributed by atoms with van der Waals surface area (Å²) < 4.78 is 10.5. The van der Waals surface area contributed by atoms with Crippen molar-refractivity contribution in [1.82, 2.24) is 4.98 Å². The van der Waals surface area contributed by atoms with Gasteiger partial charge in [0.2, 0.25) is 0 Å². The summed E-state index contributed by atoms with van der Waals surface area (Å²) in [5.74, 6) is 0.491. The van der Waals surface area contributed by atoms with Gasteiger partial charge in [0.15, 0.2) is 5.75 Å². The second-order valence-corrected chi connectivity index (χ2v) is 3.73. The van der Waals surface area contributed by atoms with Crippen molar-refractivity contribution in [3.63, 3.8) is 0 Å². The van der Waals surface area contributed by atoms with E-state index in [0.717, 1.165) is 0 Å². The molecule has 0 spiro atoms. The fourth-order valence-corrected chi connectivity index (χ4v) is 1.55. The minimum absolute atomic E-state index is 0.254. The molecule has 0 saturated carbocycles. The minimum atomic E-state index is -0.461. The summed E-state index contributed by atoms with van der Waals surface area (Å²) >= 11 is 0. The Balaban J connectivity index is 2.27. The summed E-state index contributed by atoms with van der Waals surface area (Å²) in [4.78, 5) is 15.6. The molecule has 5 heteroatoms. The number of ether oxygens (including phenoxy) is 2. The highest BCUT2D eigenvalue weighted by Crippen LogP contribution is 2.29. The van der Waals surface area contributed by atoms with Gasteiger partial charge in [-0.1, -0.05) is 6.07 Å². The van der Waals surface area contributed by atoms with Gasteiger partial charge < -0.3 is 15.2 Å². The summed E-state index contributed by atoms with van der Waals surface area (Å²) in [6.07, 6.45) is 3.21. The number of esters is 1. The van der Waals surface area contributed by atoms with Crippen LogP contribution in [0.15, 0.2) is 42.7 Å². The third kappa shape index (κ3) is 3.01. The molecule has 2 aromatic rings. The van der Waals surface area contributed by atoms with Crippen molar-refractivity contribution in [2.24, 2.45) is 0 Å². The summed E-state index contributed by atoms with van der Waals surface area (Å²) in [6.45, 7) is 2.04. The molecule has 2 N–H and O–H groups in total. The molecule has 19 heavy (non-hydrogen) atoms. The van der Waals surface area contributed by atoms with Crippen molar-refractivity contribution in [1.29, 1.82) is 0 Å². The highest BCUT2D eigenvalue weighted by molar-refractivity contribution is 5.96. The fourth-order valence-electron chi connectivity index (χ4n) is 1.55. The second-order valence-electron chi connectivity index (χ2n) is 3.73. The highest BCUT2D eigenvalue weighted by Gasteiger charge is 2.14. The van der Waals surface area contributed by atoms with E-state index < -0.39 is 5.97 Å². The van der Waals surface area contributed by atoms with Crippen LogP contribution in [-0.4, -0.2) is 17.6 Å². The van der Waals surface area contributed by atoms with E-state index in [1.807, 2.05) is 0 Å². The molecule has 0 aliphatic carbocycles. The van der Waals surface area contributed by atoms with E-state index in [2.05, 4.69) is 4.98 Å². The lowest BCUT2D eigenvalue weighted by Crippen LogP contribution is -2.08. The number of hydrogen-bond donors (Lipinski definition) is 1. The number of carbonyl (C=O) groups excluding carboxylic acids is 1. The molecule has 5 nitrogen and oxygen atoms in total. The Morgan fingerprint density at radius 2 is 2.16 bits per heavy atom. The van der Waals surface area contributed by atoms with Gasteiger partial charge in [-0.15, -0.1) is 0 Å². The molecule has 0 bridgehead atoms. The van der Waals surface area contributed by atoms with Crippen LogP contribution in [0.2, 0.25) is 0 Å². The summed E-state index contributed by atoms with van der Waals surface area (Å²) in [6, 6.07) is 8.48. The molecule has 1 aromatic heterocycles. The van der Waals surface area contributed by atoms with Gasteiger partial charge in [-0.05, 0) is 31.2 Å². The van der Waals surface area contributed by atoms with E-state index in [4.69, 9.17) is 15.2 Å². The molecule has 0 aliphatic rings. The second kappa shape index (κ2) is 5.86. The predicted octanol–water partition coefficient (Wildman–Crippen LogP) is 2.63. The number of rotatable bonds is 4. The normalized spacial score (nSPS) is 9.95. The number of benzene rings is 1. The number of carbonyl (C=O) groups is 1. The van der Waals surface area contributed by atoms with Crippen LogP contribution in [0, 0.1) is 0 Å². The predicted molar refractivity (Wildman–Crippen MR) is 71.1 cm³/mol. The van der Waals surface area contributed by atoms with E-state index >= 15 is 0 Å². The molecule has 1 heterocycles. The lowest BCUT2D eigenvalue weighted by molar-refractivity contribution is 0.0527. The van der Waals surface area contributed by atoms with Gasteiger partial charge in [-0.2, -0.15) is 0 Å². The first-order valence-electron chi connectivity index (χ1n) is 5.86. The van der Waals surface area contributed by atoms with Crippen LogP contribution in [0.4, 0.5) is 5.69 Å². The Bertz CT molecular complexity index is 570. The van der Waals surface area contributed by atoms with Crippen LogP contribution in [0.5, 0.6) is 11.5 Å². The first kappa shape index (κ1) is 12.9. The number of anilines is 1. The fraction of sp³-hybridized carbons (Fsp3) is 0.143. The van der Waals surface area contributed by atoms with Crippen LogP contribution in [0.1, 0.15) is 17.3 Å². The Hall–Kier alpha value is -2.56. The van der Waals surface area contributed by atoms with Crippen LogP contribution in [0.3, 0.4) is 0 Å². The SMILES string of the molecule is CCOC(=O)c1cccc(Oc2cccnc2)c1N. The Morgan fingerprint density at radius 1 is 1.32 bits per heavy atom. The smallest absolute Gasteiger partial charge is 0.340 e. The van der Waals surface area contributed by atoms with Gasteiger partial charge >= 0.3 is 5.97 Å². The average molecular weight is 258 g/mol. The zero-order chi connectivity index (χ0) is 13.7. The number of nitrogen functional groups attached to an aromatic ring is 1. The third-order valence-corrected chi connectivity index (χ3v) is 2.42. The number of pyridine rings is 1. The van der Waals surface area contributed by atoms with Crippen molar-refractivity contribution in [2.45, 2.75) is 6.92 Å². The van der Waals surface area contributed by atoms with Crippen LogP contribution < -0.4 is 10.5 Å². The zero-order valence-corrected chi connectivity index (χ0v) is 10.5. The highest BCUT2D eigenvalue weighted by atomic mass is 16.5. The minimum Gasteiger partial charge on any atom is -0.462 e. The molecular formula is C14H14N2O3. The summed E-state index contributed by atoms with van der Waals surface area (Å²) in [5.41, 5.74) is 6.47. The quantitative estimate of drug-likeness (QED) is 0.674. The maximum atomic E-state index is 11.7. The molecule has 0 saturated heterocycles. The molecule has 0 fully saturated rings. The average Bonchev–Trinajstić information content (AvgIpc) is 2.42. The summed E-state index contributed by atoms with van der Waals surface area (Å²) in [7, 11) is 0. The van der Waals surface area contributed by atoms with E-state index in [1.165, 1.54) is 0 Å². The maximum Gasteiger partial charge on any atom is 0.340 e. The molecule has 0 radical (unpaired) electrons. The topological polar surface area (TPSA) is 74.4 Å². The number of aromatic nitrogens is 1. The molecule has 0 amide bonds. The van der Waals surface area contributed by atoms with E-state index in [9.17, 15) is 4.79 Å². The molecular weight excluding hydrogens is 244 g/mol. The molecule has 2 rings (SSSR count). The third-order valence-electron chi connectivity index (χ3n) is 2.42. The van der Waals surface area contributed by atoms with Crippen molar-refractivity contribution < 1.29 is 14.3 Å². The number of nitrogens with zero attached hydrogens (tertiary/aromatic N) is 1. The van der Waals surface area contributed by atoms with Crippen LogP contribution in [0.25, 0.3) is 0 Å². The van der Waals surface area contributed by atoms with Gasteiger partial charge in [0.05, 0.1) is 24.1 Å². The van der Waals surface area contributed by atoms with Crippen molar-refractivity contribution in [3.05, 3.63) is 48.3 Å². The first-order chi connectivity index (χ1) is 9.22. The van der Waals surface area contributed by atoms with E-state index in [-0.39, 0.29) is 5.69 Å². The number of hydrogen-bond acceptors (Lipinski definition) is 5. The standard InChI is InChI=1S/C14H14N2O3/c1-2-18-14(17)11-6-3-7-12(13(11)15)19-10-5-4-8-16-9-10/h3-9H,2,15H2,1H3. The molecule has 0 unspecified atom stereocenters. The molecule has 98 valence electrons. The van der Waals surface area contributed by atoms with Crippen molar-refractivity contribution >= 4 is 11.7 Å². The Labute approximate surface area is 111 Å². The zero-order valence-electron chi connectivity index (χ0n) is 10.5. The molecule has 1 aromatic carbocycles.